The van der Waals surface area contributed by atoms with Crippen LogP contribution < -0.4 is 9.47 Å². The van der Waals surface area contributed by atoms with Gasteiger partial charge in [-0.3, -0.25) is 9.59 Å². The number of hydrogen-bond donors (Lipinski definition) is 1. The molecule has 1 N–H and O–H groups in total. The maximum Gasteiger partial charge on any atom is 0.305 e. The zero-order chi connectivity index (χ0) is 17.4. The maximum absolute atomic E-state index is 12.6. The predicted octanol–water partition coefficient (Wildman–Crippen LogP) is 2.21. The number of ether oxygens (including phenoxy) is 2. The lowest BCUT2D eigenvalue weighted by atomic mass is 10.1. The van der Waals surface area contributed by atoms with E-state index in [1.807, 2.05) is 13.8 Å². The van der Waals surface area contributed by atoms with Crippen LogP contribution in [0.3, 0.4) is 0 Å². The van der Waals surface area contributed by atoms with E-state index in [0.717, 1.165) is 0 Å². The van der Waals surface area contributed by atoms with E-state index >= 15 is 0 Å². The quantitative estimate of drug-likeness (QED) is 0.754. The van der Waals surface area contributed by atoms with Crippen LogP contribution in [-0.4, -0.2) is 49.2 Å². The summed E-state index contributed by atoms with van der Waals surface area (Å²) < 4.78 is 10.6. The van der Waals surface area contributed by atoms with E-state index in [2.05, 4.69) is 0 Å². The maximum atomic E-state index is 12.6. The van der Waals surface area contributed by atoms with Crippen molar-refractivity contribution in [2.75, 3.05) is 27.3 Å². The van der Waals surface area contributed by atoms with Crippen LogP contribution in [-0.2, 0) is 16.0 Å². The summed E-state index contributed by atoms with van der Waals surface area (Å²) in [5.74, 6) is 0.373. The second kappa shape index (κ2) is 9.02. The minimum absolute atomic E-state index is 0.0679. The number of nitrogens with zero attached hydrogens (tertiary/aromatic N) is 1. The van der Waals surface area contributed by atoms with Gasteiger partial charge in [-0.15, -0.1) is 0 Å². The summed E-state index contributed by atoms with van der Waals surface area (Å²) in [6.45, 7) is 4.70. The predicted molar refractivity (Wildman–Crippen MR) is 86.9 cm³/mol. The number of amides is 1. The van der Waals surface area contributed by atoms with Crippen molar-refractivity contribution >= 4 is 11.9 Å². The number of methoxy groups -OCH3 is 2. The van der Waals surface area contributed by atoms with Crippen LogP contribution in [0.25, 0.3) is 0 Å². The van der Waals surface area contributed by atoms with Crippen molar-refractivity contribution in [1.29, 1.82) is 0 Å². The largest absolute Gasteiger partial charge is 0.496 e. The topological polar surface area (TPSA) is 76.1 Å². The number of carbonyl (C=O) groups excluding carboxylic acids is 1. The second-order valence-corrected chi connectivity index (χ2v) is 5.70. The van der Waals surface area contributed by atoms with Crippen molar-refractivity contribution in [3.63, 3.8) is 0 Å². The van der Waals surface area contributed by atoms with Gasteiger partial charge >= 0.3 is 5.97 Å². The fourth-order valence-corrected chi connectivity index (χ4v) is 2.35. The highest BCUT2D eigenvalue weighted by atomic mass is 16.5. The van der Waals surface area contributed by atoms with Gasteiger partial charge < -0.3 is 19.5 Å². The average Bonchev–Trinajstić information content (AvgIpc) is 2.50. The normalized spacial score (nSPS) is 10.5. The van der Waals surface area contributed by atoms with Crippen molar-refractivity contribution in [3.05, 3.63) is 23.8 Å². The van der Waals surface area contributed by atoms with Gasteiger partial charge in [0.05, 0.1) is 27.1 Å². The van der Waals surface area contributed by atoms with Gasteiger partial charge in [-0.2, -0.15) is 0 Å². The van der Waals surface area contributed by atoms with Gasteiger partial charge in [-0.05, 0) is 18.1 Å². The molecule has 1 aromatic carbocycles. The van der Waals surface area contributed by atoms with E-state index in [4.69, 9.17) is 14.6 Å². The van der Waals surface area contributed by atoms with E-state index in [1.54, 1.807) is 37.3 Å². The highest BCUT2D eigenvalue weighted by Crippen LogP contribution is 2.29. The molecule has 0 aromatic heterocycles. The Morgan fingerprint density at radius 2 is 1.74 bits per heavy atom. The number of carbonyl (C=O) groups is 2. The molecule has 0 heterocycles. The third kappa shape index (κ3) is 5.81. The molecule has 1 rings (SSSR count). The Hall–Kier alpha value is -2.24. The summed E-state index contributed by atoms with van der Waals surface area (Å²) in [5.41, 5.74) is 0.673. The minimum Gasteiger partial charge on any atom is -0.496 e. The lowest BCUT2D eigenvalue weighted by molar-refractivity contribution is -0.138. The van der Waals surface area contributed by atoms with Gasteiger partial charge in [0.15, 0.2) is 0 Å². The zero-order valence-corrected chi connectivity index (χ0v) is 14.2. The first-order valence-corrected chi connectivity index (χ1v) is 7.58. The Balaban J connectivity index is 2.95. The van der Waals surface area contributed by atoms with Crippen LogP contribution in [0.4, 0.5) is 0 Å². The lowest BCUT2D eigenvalue weighted by Gasteiger charge is -2.25. The Bertz CT molecular complexity index is 520. The smallest absolute Gasteiger partial charge is 0.305 e. The molecule has 0 saturated heterocycles. The van der Waals surface area contributed by atoms with E-state index < -0.39 is 5.97 Å². The Kier molecular flexibility index (Phi) is 7.38. The summed E-state index contributed by atoms with van der Waals surface area (Å²) in [4.78, 5) is 25.0. The van der Waals surface area contributed by atoms with Crippen LogP contribution >= 0.6 is 0 Å². The number of hydrogen-bond acceptors (Lipinski definition) is 4. The van der Waals surface area contributed by atoms with Crippen LogP contribution in [0.1, 0.15) is 25.8 Å². The summed E-state index contributed by atoms with van der Waals surface area (Å²) in [5, 5.41) is 8.85. The lowest BCUT2D eigenvalue weighted by Crippen LogP contribution is -2.37. The van der Waals surface area contributed by atoms with E-state index in [1.165, 1.54) is 0 Å². The molecule has 0 spiro atoms. The molecule has 0 atom stereocenters. The Morgan fingerprint density at radius 1 is 1.17 bits per heavy atom. The molecular weight excluding hydrogens is 298 g/mol. The molecular formula is C17H25NO5. The molecule has 0 aliphatic heterocycles. The van der Waals surface area contributed by atoms with Crippen LogP contribution in [0, 0.1) is 5.92 Å². The Morgan fingerprint density at radius 3 is 2.17 bits per heavy atom. The summed E-state index contributed by atoms with van der Waals surface area (Å²) in [6.07, 6.45) is 0.0427. The molecule has 128 valence electrons. The standard InChI is InChI=1S/C17H25NO5/c1-12(2)11-18(9-8-17(20)21)16(19)10-13-14(22-3)6-5-7-15(13)23-4/h5-7,12H,8-11H2,1-4H3,(H,20,21). The summed E-state index contributed by atoms with van der Waals surface area (Å²) >= 11 is 0. The van der Waals surface area contributed by atoms with Crippen LogP contribution in [0.15, 0.2) is 18.2 Å². The van der Waals surface area contributed by atoms with Gasteiger partial charge in [0.1, 0.15) is 11.5 Å². The van der Waals surface area contributed by atoms with Crippen molar-refractivity contribution in [1.82, 2.24) is 4.90 Å². The molecule has 0 saturated carbocycles. The average molecular weight is 323 g/mol. The monoisotopic (exact) mass is 323 g/mol. The molecule has 23 heavy (non-hydrogen) atoms. The van der Waals surface area contributed by atoms with Crippen molar-refractivity contribution in [2.45, 2.75) is 26.7 Å². The van der Waals surface area contributed by atoms with Gasteiger partial charge in [-0.25, -0.2) is 0 Å². The summed E-state index contributed by atoms with van der Waals surface area (Å²) in [7, 11) is 3.08. The molecule has 6 nitrogen and oxygen atoms in total. The number of aliphatic carboxylic acids is 1. The first-order valence-electron chi connectivity index (χ1n) is 7.58. The molecule has 0 bridgehead atoms. The van der Waals surface area contributed by atoms with Crippen LogP contribution in [0.5, 0.6) is 11.5 Å². The highest BCUT2D eigenvalue weighted by molar-refractivity contribution is 5.81. The van der Waals surface area contributed by atoms with Gasteiger partial charge in [-0.1, -0.05) is 19.9 Å². The molecule has 1 aromatic rings. The second-order valence-electron chi connectivity index (χ2n) is 5.70. The molecule has 0 aliphatic rings. The van der Waals surface area contributed by atoms with Crippen molar-refractivity contribution in [2.24, 2.45) is 5.92 Å². The molecule has 6 heteroatoms. The van der Waals surface area contributed by atoms with Gasteiger partial charge in [0, 0.05) is 18.7 Å². The first kappa shape index (κ1) is 18.8. The number of carboxylic acids is 1. The van der Waals surface area contributed by atoms with E-state index in [9.17, 15) is 9.59 Å². The fraction of sp³-hybridized carbons (Fsp3) is 0.529. The van der Waals surface area contributed by atoms with Crippen LogP contribution in [0.2, 0.25) is 0 Å². The number of rotatable bonds is 9. The summed E-state index contributed by atoms with van der Waals surface area (Å²) in [6, 6.07) is 5.34. The minimum atomic E-state index is -0.915. The van der Waals surface area contributed by atoms with Gasteiger partial charge in [0.2, 0.25) is 5.91 Å². The fourth-order valence-electron chi connectivity index (χ4n) is 2.35. The highest BCUT2D eigenvalue weighted by Gasteiger charge is 2.20. The zero-order valence-electron chi connectivity index (χ0n) is 14.2. The third-order valence-electron chi connectivity index (χ3n) is 3.39. The molecule has 0 radical (unpaired) electrons. The first-order chi connectivity index (χ1) is 10.9. The Labute approximate surface area is 137 Å². The van der Waals surface area contributed by atoms with Crippen molar-refractivity contribution in [3.8, 4) is 11.5 Å². The molecule has 0 fully saturated rings. The van der Waals surface area contributed by atoms with E-state index in [0.29, 0.717) is 23.6 Å². The molecule has 0 aliphatic carbocycles. The third-order valence-corrected chi connectivity index (χ3v) is 3.39. The van der Waals surface area contributed by atoms with E-state index in [-0.39, 0.29) is 31.2 Å². The van der Waals surface area contributed by atoms with Gasteiger partial charge in [0.25, 0.3) is 0 Å². The number of carboxylic acid groups (broad SMARTS) is 1. The molecule has 1 amide bonds. The molecule has 0 unspecified atom stereocenters. The SMILES string of the molecule is COc1cccc(OC)c1CC(=O)N(CCC(=O)O)CC(C)C. The van der Waals surface area contributed by atoms with Crippen molar-refractivity contribution < 1.29 is 24.2 Å². The number of benzene rings is 1.